The Labute approximate surface area is 180 Å². The lowest BCUT2D eigenvalue weighted by atomic mass is 9.94. The number of rotatable bonds is 13. The van der Waals surface area contributed by atoms with E-state index in [0.29, 0.717) is 32.2 Å². The predicted octanol–water partition coefficient (Wildman–Crippen LogP) is 1.61. The van der Waals surface area contributed by atoms with E-state index in [9.17, 15) is 24.3 Å². The average Bonchev–Trinajstić information content (AvgIpc) is 2.97. The van der Waals surface area contributed by atoms with E-state index in [1.165, 1.54) is 0 Å². The molecule has 0 radical (unpaired) electrons. The molecule has 8 nitrogen and oxygen atoms in total. The highest BCUT2D eigenvalue weighted by atomic mass is 16.3. The molecule has 1 heterocycles. The minimum Gasteiger partial charge on any atom is -0.373 e. The fourth-order valence-corrected chi connectivity index (χ4v) is 3.59. The van der Waals surface area contributed by atoms with Crippen LogP contribution in [0.4, 0.5) is 0 Å². The topological polar surface area (TPSA) is 116 Å². The molecule has 0 aromatic rings. The summed E-state index contributed by atoms with van der Waals surface area (Å²) in [5.74, 6) is -0.477. The van der Waals surface area contributed by atoms with Crippen molar-refractivity contribution in [2.24, 2.45) is 17.8 Å². The number of carbonyl (C=O) groups excluding carboxylic acids is 4. The molecule has 0 aromatic heterocycles. The van der Waals surface area contributed by atoms with Crippen LogP contribution < -0.4 is 10.6 Å². The van der Waals surface area contributed by atoms with Crippen LogP contribution in [0.25, 0.3) is 0 Å². The second-order valence-electron chi connectivity index (χ2n) is 8.82. The van der Waals surface area contributed by atoms with Crippen molar-refractivity contribution < 1.29 is 24.3 Å². The number of aliphatic hydroxyl groups excluding tert-OH is 1. The Bertz CT molecular complexity index is 606. The normalized spacial score (nSPS) is 20.0. The van der Waals surface area contributed by atoms with Gasteiger partial charge in [0.15, 0.2) is 5.78 Å². The molecule has 0 bridgehead atoms. The summed E-state index contributed by atoms with van der Waals surface area (Å²) in [6.45, 7) is 9.91. The van der Waals surface area contributed by atoms with Crippen molar-refractivity contribution in [3.8, 4) is 0 Å². The quantitative estimate of drug-likeness (QED) is 0.388. The summed E-state index contributed by atoms with van der Waals surface area (Å²) in [6.07, 6.45) is 2.42. The Balaban J connectivity index is 2.33. The largest absolute Gasteiger partial charge is 0.373 e. The number of aliphatic hydroxyl groups is 1. The van der Waals surface area contributed by atoms with Gasteiger partial charge >= 0.3 is 0 Å². The zero-order chi connectivity index (χ0) is 22.8. The number of Topliss-reactive ketones (excluding diaryl/α,β-unsaturated/α-hetero) is 1. The van der Waals surface area contributed by atoms with Crippen molar-refractivity contribution in [2.75, 3.05) is 13.1 Å². The van der Waals surface area contributed by atoms with E-state index >= 15 is 0 Å². The first kappa shape index (κ1) is 26.1. The van der Waals surface area contributed by atoms with Crippen LogP contribution in [0.5, 0.6) is 0 Å². The van der Waals surface area contributed by atoms with E-state index in [1.54, 1.807) is 11.8 Å². The van der Waals surface area contributed by atoms with Gasteiger partial charge in [-0.25, -0.2) is 0 Å². The van der Waals surface area contributed by atoms with Crippen LogP contribution >= 0.6 is 0 Å². The fraction of sp³-hybridized carbons (Fsp3) is 0.818. The summed E-state index contributed by atoms with van der Waals surface area (Å²) in [7, 11) is 0. The monoisotopic (exact) mass is 425 g/mol. The van der Waals surface area contributed by atoms with Gasteiger partial charge in [0.2, 0.25) is 17.7 Å². The van der Waals surface area contributed by atoms with E-state index < -0.39 is 12.3 Å². The average molecular weight is 426 g/mol. The Hall–Kier alpha value is -1.96. The molecule has 1 aliphatic rings. The van der Waals surface area contributed by atoms with Gasteiger partial charge in [0.1, 0.15) is 12.3 Å². The summed E-state index contributed by atoms with van der Waals surface area (Å²) in [5, 5.41) is 15.7. The van der Waals surface area contributed by atoms with Crippen LogP contribution in [0.3, 0.4) is 0 Å². The lowest BCUT2D eigenvalue weighted by Crippen LogP contribution is -2.50. The molecule has 3 atom stereocenters. The molecule has 3 N–H and O–H groups in total. The summed E-state index contributed by atoms with van der Waals surface area (Å²) in [4.78, 5) is 49.5. The SMILES string of the molecule is CCC(=O)CNC(=O)C(NC(=O)CCCCCN1C(=O)CC(C(C)C)C1O)C(C)C. The first-order valence-corrected chi connectivity index (χ1v) is 11.1. The van der Waals surface area contributed by atoms with Crippen LogP contribution in [0.15, 0.2) is 0 Å². The number of nitrogens with one attached hydrogen (secondary N) is 2. The van der Waals surface area contributed by atoms with Gasteiger partial charge in [-0.1, -0.05) is 41.0 Å². The molecule has 3 amide bonds. The van der Waals surface area contributed by atoms with E-state index in [-0.39, 0.29) is 54.2 Å². The summed E-state index contributed by atoms with van der Waals surface area (Å²) < 4.78 is 0. The number of carbonyl (C=O) groups is 4. The van der Waals surface area contributed by atoms with Crippen molar-refractivity contribution in [1.82, 2.24) is 15.5 Å². The zero-order valence-electron chi connectivity index (χ0n) is 19.1. The minimum atomic E-state index is -0.717. The van der Waals surface area contributed by atoms with Crippen LogP contribution in [-0.4, -0.2) is 58.9 Å². The molecule has 1 rings (SSSR count). The van der Waals surface area contributed by atoms with Gasteiger partial charge in [-0.05, 0) is 24.7 Å². The molecule has 1 aliphatic heterocycles. The van der Waals surface area contributed by atoms with Crippen molar-refractivity contribution in [3.63, 3.8) is 0 Å². The molecule has 0 spiro atoms. The molecule has 30 heavy (non-hydrogen) atoms. The Kier molecular flexibility index (Phi) is 11.0. The molecule has 0 aliphatic carbocycles. The van der Waals surface area contributed by atoms with Crippen LogP contribution in [0, 0.1) is 17.8 Å². The smallest absolute Gasteiger partial charge is 0.243 e. The number of amides is 3. The molecule has 3 unspecified atom stereocenters. The van der Waals surface area contributed by atoms with Crippen molar-refractivity contribution in [3.05, 3.63) is 0 Å². The molecular weight excluding hydrogens is 386 g/mol. The molecule has 8 heteroatoms. The third-order valence-electron chi connectivity index (χ3n) is 5.71. The maximum absolute atomic E-state index is 12.3. The zero-order valence-corrected chi connectivity index (χ0v) is 19.1. The first-order valence-electron chi connectivity index (χ1n) is 11.1. The number of likely N-dealkylation sites (tertiary alicyclic amines) is 1. The van der Waals surface area contributed by atoms with Crippen LogP contribution in [-0.2, 0) is 19.2 Å². The number of hydrogen-bond donors (Lipinski definition) is 3. The van der Waals surface area contributed by atoms with Gasteiger partial charge in [0.05, 0.1) is 6.54 Å². The highest BCUT2D eigenvalue weighted by Crippen LogP contribution is 2.30. The second kappa shape index (κ2) is 12.7. The third-order valence-corrected chi connectivity index (χ3v) is 5.71. The first-order chi connectivity index (χ1) is 14.1. The van der Waals surface area contributed by atoms with Crippen molar-refractivity contribution in [1.29, 1.82) is 0 Å². The predicted molar refractivity (Wildman–Crippen MR) is 114 cm³/mol. The third kappa shape index (κ3) is 8.05. The van der Waals surface area contributed by atoms with Gasteiger partial charge in [-0.15, -0.1) is 0 Å². The fourth-order valence-electron chi connectivity index (χ4n) is 3.59. The van der Waals surface area contributed by atoms with Crippen LogP contribution in [0.1, 0.15) is 73.1 Å². The lowest BCUT2D eigenvalue weighted by molar-refractivity contribution is -0.133. The van der Waals surface area contributed by atoms with E-state index in [2.05, 4.69) is 10.6 Å². The maximum Gasteiger partial charge on any atom is 0.243 e. The van der Waals surface area contributed by atoms with Gasteiger partial charge < -0.3 is 20.6 Å². The minimum absolute atomic E-state index is 0.00807. The molecule has 1 fully saturated rings. The molecule has 0 saturated carbocycles. The molecule has 1 saturated heterocycles. The molecule has 0 aromatic carbocycles. The van der Waals surface area contributed by atoms with E-state index in [0.717, 1.165) is 6.42 Å². The molecule has 172 valence electrons. The van der Waals surface area contributed by atoms with E-state index in [1.807, 2.05) is 27.7 Å². The summed E-state index contributed by atoms with van der Waals surface area (Å²) >= 11 is 0. The second-order valence-corrected chi connectivity index (χ2v) is 8.82. The standard InChI is InChI=1S/C22H39N3O5/c1-6-16(26)13-23-21(29)20(15(4)5)24-18(27)10-8-7-9-11-25-19(28)12-17(14(2)3)22(25)30/h14-15,17,20,22,30H,6-13H2,1-5H3,(H,23,29)(H,24,27). The Morgan fingerprint density at radius 1 is 1.13 bits per heavy atom. The highest BCUT2D eigenvalue weighted by Gasteiger charge is 2.39. The maximum atomic E-state index is 12.3. The van der Waals surface area contributed by atoms with Crippen molar-refractivity contribution >= 4 is 23.5 Å². The van der Waals surface area contributed by atoms with Crippen LogP contribution in [0.2, 0.25) is 0 Å². The Morgan fingerprint density at radius 2 is 1.80 bits per heavy atom. The summed E-state index contributed by atoms with van der Waals surface area (Å²) in [5.41, 5.74) is 0. The number of unbranched alkanes of at least 4 members (excludes halogenated alkanes) is 2. The highest BCUT2D eigenvalue weighted by molar-refractivity contribution is 5.91. The van der Waals surface area contributed by atoms with Gasteiger partial charge in [0.25, 0.3) is 0 Å². The van der Waals surface area contributed by atoms with Gasteiger partial charge in [-0.2, -0.15) is 0 Å². The number of ketones is 1. The lowest BCUT2D eigenvalue weighted by Gasteiger charge is -2.25. The van der Waals surface area contributed by atoms with Gasteiger partial charge in [-0.3, -0.25) is 19.2 Å². The van der Waals surface area contributed by atoms with Gasteiger partial charge in [0, 0.05) is 31.7 Å². The Morgan fingerprint density at radius 3 is 2.33 bits per heavy atom. The molecular formula is C22H39N3O5. The van der Waals surface area contributed by atoms with Crippen molar-refractivity contribution in [2.45, 2.75) is 85.4 Å². The van der Waals surface area contributed by atoms with E-state index in [4.69, 9.17) is 0 Å². The number of nitrogens with zero attached hydrogens (tertiary/aromatic N) is 1. The number of hydrogen-bond acceptors (Lipinski definition) is 5. The summed E-state index contributed by atoms with van der Waals surface area (Å²) in [6, 6.07) is -0.674.